The van der Waals surface area contributed by atoms with Crippen molar-refractivity contribution in [3.05, 3.63) is 84.8 Å². The van der Waals surface area contributed by atoms with Gasteiger partial charge in [-0.05, 0) is 55.1 Å². The van der Waals surface area contributed by atoms with E-state index in [9.17, 15) is 13.2 Å². The lowest BCUT2D eigenvalue weighted by atomic mass is 10.2. The van der Waals surface area contributed by atoms with Crippen LogP contribution in [-0.4, -0.2) is 35.9 Å². The van der Waals surface area contributed by atoms with Gasteiger partial charge in [-0.1, -0.05) is 24.3 Å². The lowest BCUT2D eigenvalue weighted by molar-refractivity contribution is -0.111. The largest absolute Gasteiger partial charge is 0.321 e. The van der Waals surface area contributed by atoms with E-state index >= 15 is 0 Å². The molecule has 0 aliphatic heterocycles. The fourth-order valence-corrected chi connectivity index (χ4v) is 3.71. The number of para-hydroxylation sites is 2. The molecule has 2 aromatic heterocycles. The summed E-state index contributed by atoms with van der Waals surface area (Å²) in [5, 5.41) is 2.75. The van der Waals surface area contributed by atoms with Gasteiger partial charge in [0, 0.05) is 6.08 Å². The summed E-state index contributed by atoms with van der Waals surface area (Å²) in [7, 11) is -2.13. The maximum Gasteiger partial charge on any atom is 0.248 e. The van der Waals surface area contributed by atoms with Crippen molar-refractivity contribution >= 4 is 38.7 Å². The Morgan fingerprint density at radius 2 is 1.77 bits per heavy atom. The molecule has 2 aromatic carbocycles. The predicted octanol–water partition coefficient (Wildman–Crippen LogP) is 2.98. The molecular weight excluding hydrogens is 414 g/mol. The number of benzene rings is 2. The number of carbonyl (C=O) groups is 1. The molecule has 0 bridgehead atoms. The second-order valence-corrected chi connectivity index (χ2v) is 8.49. The molecule has 31 heavy (non-hydrogen) atoms. The highest BCUT2D eigenvalue weighted by molar-refractivity contribution is 7.89. The number of carbonyl (C=O) groups excluding carboxylic acids is 1. The Morgan fingerprint density at radius 1 is 1.00 bits per heavy atom. The number of nitrogens with zero attached hydrogens (tertiary/aromatic N) is 3. The quantitative estimate of drug-likeness (QED) is 0.455. The molecule has 2 N–H and O–H groups in total. The molecular formula is C22H19N5O3S. The number of rotatable bonds is 6. The van der Waals surface area contributed by atoms with Gasteiger partial charge in [-0.3, -0.25) is 9.36 Å². The van der Waals surface area contributed by atoms with Crippen LogP contribution in [0.2, 0.25) is 0 Å². The van der Waals surface area contributed by atoms with Gasteiger partial charge in [0.1, 0.15) is 12.1 Å². The fourth-order valence-electron chi connectivity index (χ4n) is 2.98. The molecule has 2 heterocycles. The first-order chi connectivity index (χ1) is 15.0. The predicted molar refractivity (Wildman–Crippen MR) is 119 cm³/mol. The number of fused-ring (bicyclic) bond motifs is 1. The molecule has 0 atom stereocenters. The van der Waals surface area contributed by atoms with Gasteiger partial charge in [-0.15, -0.1) is 0 Å². The Labute approximate surface area is 179 Å². The van der Waals surface area contributed by atoms with Gasteiger partial charge in [0.05, 0.1) is 27.8 Å². The van der Waals surface area contributed by atoms with E-state index in [1.165, 1.54) is 25.3 Å². The molecule has 0 aliphatic rings. The monoisotopic (exact) mass is 433 g/mol. The van der Waals surface area contributed by atoms with Crippen LogP contribution in [0.5, 0.6) is 0 Å². The molecule has 9 heteroatoms. The number of nitrogens with one attached hydrogen (secondary N) is 2. The van der Waals surface area contributed by atoms with Crippen molar-refractivity contribution in [3.8, 4) is 5.82 Å². The van der Waals surface area contributed by atoms with Crippen LogP contribution in [-0.2, 0) is 14.8 Å². The summed E-state index contributed by atoms with van der Waals surface area (Å²) in [6, 6.07) is 17.5. The van der Waals surface area contributed by atoms with Gasteiger partial charge < -0.3 is 5.32 Å². The van der Waals surface area contributed by atoms with E-state index in [1.54, 1.807) is 42.9 Å². The number of anilines is 1. The Kier molecular flexibility index (Phi) is 5.61. The molecule has 0 fully saturated rings. The minimum Gasteiger partial charge on any atom is -0.321 e. The summed E-state index contributed by atoms with van der Waals surface area (Å²) in [6.07, 6.45) is 6.26. The van der Waals surface area contributed by atoms with Crippen molar-refractivity contribution in [2.24, 2.45) is 0 Å². The van der Waals surface area contributed by atoms with Crippen molar-refractivity contribution < 1.29 is 13.2 Å². The first-order valence-electron chi connectivity index (χ1n) is 9.37. The third-order valence-corrected chi connectivity index (χ3v) is 6.03. The van der Waals surface area contributed by atoms with Crippen LogP contribution in [0.4, 0.5) is 5.69 Å². The molecule has 1 amide bonds. The summed E-state index contributed by atoms with van der Waals surface area (Å²) in [5.74, 6) is 0.369. The van der Waals surface area contributed by atoms with Crippen molar-refractivity contribution in [1.82, 2.24) is 19.3 Å². The molecule has 4 aromatic rings. The van der Waals surface area contributed by atoms with E-state index < -0.39 is 10.0 Å². The third-order valence-electron chi connectivity index (χ3n) is 4.60. The zero-order valence-electron chi connectivity index (χ0n) is 16.6. The van der Waals surface area contributed by atoms with Gasteiger partial charge >= 0.3 is 0 Å². The van der Waals surface area contributed by atoms with Crippen molar-refractivity contribution in [1.29, 1.82) is 0 Å². The Balaban J connectivity index is 1.42. The Morgan fingerprint density at radius 3 is 2.48 bits per heavy atom. The Bertz CT molecular complexity index is 1360. The number of amides is 1. The first kappa shape index (κ1) is 20.5. The molecule has 0 saturated heterocycles. The maximum atomic E-state index is 12.2. The van der Waals surface area contributed by atoms with E-state index in [2.05, 4.69) is 20.0 Å². The molecule has 4 rings (SSSR count). The lowest BCUT2D eigenvalue weighted by Crippen LogP contribution is -2.18. The average molecular weight is 433 g/mol. The summed E-state index contributed by atoms with van der Waals surface area (Å²) >= 11 is 0. The van der Waals surface area contributed by atoms with E-state index in [-0.39, 0.29) is 10.8 Å². The minimum absolute atomic E-state index is 0.161. The SMILES string of the molecule is CNS(=O)(=O)c1ccc(/C=C/C(=O)Nc2ccc(-n3cnc4ccccc43)nc2)cc1. The zero-order chi connectivity index (χ0) is 21.8. The highest BCUT2D eigenvalue weighted by Gasteiger charge is 2.10. The number of aromatic nitrogens is 3. The number of sulfonamides is 1. The van der Waals surface area contributed by atoms with Crippen LogP contribution in [0.3, 0.4) is 0 Å². The van der Waals surface area contributed by atoms with Gasteiger partial charge in [-0.2, -0.15) is 0 Å². The van der Waals surface area contributed by atoms with E-state index in [1.807, 2.05) is 28.8 Å². The minimum atomic E-state index is -3.49. The van der Waals surface area contributed by atoms with Crippen LogP contribution in [0, 0.1) is 0 Å². The topological polar surface area (TPSA) is 106 Å². The molecule has 0 aliphatic carbocycles. The fraction of sp³-hybridized carbons (Fsp3) is 0.0455. The van der Waals surface area contributed by atoms with E-state index in [0.717, 1.165) is 11.0 Å². The van der Waals surface area contributed by atoms with Crippen molar-refractivity contribution in [2.45, 2.75) is 4.90 Å². The molecule has 0 radical (unpaired) electrons. The second kappa shape index (κ2) is 8.50. The maximum absolute atomic E-state index is 12.2. The Hall–Kier alpha value is -3.82. The second-order valence-electron chi connectivity index (χ2n) is 6.61. The van der Waals surface area contributed by atoms with Gasteiger partial charge in [0.15, 0.2) is 0 Å². The number of hydrogen-bond acceptors (Lipinski definition) is 5. The van der Waals surface area contributed by atoms with Crippen molar-refractivity contribution in [3.63, 3.8) is 0 Å². The van der Waals surface area contributed by atoms with Crippen molar-refractivity contribution in [2.75, 3.05) is 12.4 Å². The summed E-state index contributed by atoms with van der Waals surface area (Å²) in [6.45, 7) is 0. The highest BCUT2D eigenvalue weighted by atomic mass is 32.2. The third kappa shape index (κ3) is 4.52. The first-order valence-corrected chi connectivity index (χ1v) is 10.9. The van der Waals surface area contributed by atoms with Crippen LogP contribution in [0.15, 0.2) is 84.2 Å². The zero-order valence-corrected chi connectivity index (χ0v) is 17.4. The lowest BCUT2D eigenvalue weighted by Gasteiger charge is -2.06. The van der Waals surface area contributed by atoms with Crippen LogP contribution < -0.4 is 10.0 Å². The average Bonchev–Trinajstić information content (AvgIpc) is 3.23. The molecule has 0 saturated carbocycles. The number of pyridine rings is 1. The van der Waals surface area contributed by atoms with E-state index in [4.69, 9.17) is 0 Å². The van der Waals surface area contributed by atoms with Crippen LogP contribution in [0.25, 0.3) is 22.9 Å². The molecule has 0 unspecified atom stereocenters. The van der Waals surface area contributed by atoms with Gasteiger partial charge in [0.2, 0.25) is 15.9 Å². The normalized spacial score (nSPS) is 11.8. The van der Waals surface area contributed by atoms with Crippen LogP contribution >= 0.6 is 0 Å². The molecule has 156 valence electrons. The summed E-state index contributed by atoms with van der Waals surface area (Å²) < 4.78 is 27.6. The van der Waals surface area contributed by atoms with E-state index in [0.29, 0.717) is 17.1 Å². The molecule has 0 spiro atoms. The highest BCUT2D eigenvalue weighted by Crippen LogP contribution is 2.17. The molecule has 8 nitrogen and oxygen atoms in total. The summed E-state index contributed by atoms with van der Waals surface area (Å²) in [5.41, 5.74) is 3.08. The summed E-state index contributed by atoms with van der Waals surface area (Å²) in [4.78, 5) is 21.1. The van der Waals surface area contributed by atoms with Gasteiger partial charge in [0.25, 0.3) is 0 Å². The standard InChI is InChI=1S/C22H19N5O3S/c1-23-31(29,30)18-10-6-16(7-11-18)8-13-22(28)26-17-9-12-21(24-14-17)27-15-25-19-4-2-3-5-20(19)27/h2-15,23H,1H3,(H,26,28)/b13-8+. The number of hydrogen-bond donors (Lipinski definition) is 2. The number of imidazole rings is 1. The smallest absolute Gasteiger partial charge is 0.248 e. The van der Waals surface area contributed by atoms with Gasteiger partial charge in [-0.25, -0.2) is 23.1 Å². The van der Waals surface area contributed by atoms with Crippen LogP contribution in [0.1, 0.15) is 5.56 Å².